The van der Waals surface area contributed by atoms with E-state index in [9.17, 15) is 0 Å². The highest BCUT2D eigenvalue weighted by molar-refractivity contribution is 6.19. The minimum absolute atomic E-state index is 0.418. The van der Waals surface area contributed by atoms with Crippen LogP contribution in [0.1, 0.15) is 0 Å². The maximum Gasteiger partial charge on any atom is 0.207 e. The van der Waals surface area contributed by atoms with Gasteiger partial charge in [0, 0.05) is 10.9 Å². The molecule has 2 N–H and O–H groups in total. The smallest absolute Gasteiger partial charge is 0.207 e. The zero-order valence-corrected chi connectivity index (χ0v) is 29.1. The van der Waals surface area contributed by atoms with Crippen LogP contribution in [0.3, 0.4) is 0 Å². The lowest BCUT2D eigenvalue weighted by atomic mass is 9.89. The van der Waals surface area contributed by atoms with Crippen LogP contribution < -0.4 is 5.73 Å². The lowest BCUT2D eigenvalue weighted by Crippen LogP contribution is -2.02. The molecule has 0 saturated carbocycles. The Morgan fingerprint density at radius 1 is 0.370 bits per heavy atom. The van der Waals surface area contributed by atoms with Gasteiger partial charge in [0.25, 0.3) is 0 Å². The summed E-state index contributed by atoms with van der Waals surface area (Å²) in [6.45, 7) is 0. The van der Waals surface area contributed by atoms with Crippen molar-refractivity contribution in [2.24, 2.45) is 0 Å². The molecule has 4 heteroatoms. The van der Waals surface area contributed by atoms with Crippen molar-refractivity contribution in [3.63, 3.8) is 0 Å². The number of nitrogens with two attached hydrogens (primary N) is 1. The first-order valence-corrected chi connectivity index (χ1v) is 18.4. The minimum atomic E-state index is 0.418. The Bertz CT molecular complexity index is 3580. The van der Waals surface area contributed by atoms with E-state index in [0.29, 0.717) is 5.95 Å². The highest BCUT2D eigenvalue weighted by Gasteiger charge is 2.20. The molecule has 2 heterocycles. The van der Waals surface area contributed by atoms with Gasteiger partial charge in [-0.3, -0.25) is 4.40 Å². The Morgan fingerprint density at radius 3 is 1.61 bits per heavy atom. The predicted molar refractivity (Wildman–Crippen MR) is 228 cm³/mol. The summed E-state index contributed by atoms with van der Waals surface area (Å²) in [5, 5.41) is 15.7. The van der Waals surface area contributed by atoms with Crippen molar-refractivity contribution < 1.29 is 0 Å². The van der Waals surface area contributed by atoms with Gasteiger partial charge in [-0.1, -0.05) is 121 Å². The van der Waals surface area contributed by atoms with E-state index in [0.717, 1.165) is 49.8 Å². The molecule has 0 radical (unpaired) electrons. The number of fused-ring (bicyclic) bond motifs is 13. The Kier molecular flexibility index (Phi) is 5.89. The first-order valence-electron chi connectivity index (χ1n) is 18.4. The molecule has 0 aliphatic heterocycles. The van der Waals surface area contributed by atoms with E-state index < -0.39 is 0 Å². The monoisotopic (exact) mass is 686 g/mol. The molecule has 0 amide bonds. The number of anilines is 1. The number of nitrogen functional groups attached to an aromatic ring is 1. The summed E-state index contributed by atoms with van der Waals surface area (Å²) in [6, 6.07) is 61.5. The molecule has 0 fully saturated rings. The average molecular weight is 687 g/mol. The van der Waals surface area contributed by atoms with Gasteiger partial charge >= 0.3 is 0 Å². The lowest BCUT2D eigenvalue weighted by Gasteiger charge is -2.16. The number of hydrogen-bond donors (Lipinski definition) is 1. The third-order valence-electron chi connectivity index (χ3n) is 11.5. The summed E-state index contributed by atoms with van der Waals surface area (Å²) in [7, 11) is 0. The van der Waals surface area contributed by atoms with Crippen LogP contribution in [0.4, 0.5) is 5.95 Å². The third-order valence-corrected chi connectivity index (χ3v) is 11.5. The molecule has 0 aliphatic rings. The summed E-state index contributed by atoms with van der Waals surface area (Å²) in [6.07, 6.45) is 0. The number of rotatable bonds is 2. The van der Waals surface area contributed by atoms with Crippen LogP contribution in [-0.2, 0) is 0 Å². The number of imidazole rings is 1. The molecule has 2 aromatic heterocycles. The van der Waals surface area contributed by atoms with Crippen molar-refractivity contribution in [2.75, 3.05) is 5.73 Å². The van der Waals surface area contributed by atoms with E-state index in [4.69, 9.17) is 15.7 Å². The van der Waals surface area contributed by atoms with E-state index >= 15 is 0 Å². The van der Waals surface area contributed by atoms with Crippen LogP contribution >= 0.6 is 0 Å². The van der Waals surface area contributed by atoms with Crippen LogP contribution in [0.25, 0.3) is 114 Å². The second-order valence-electron chi connectivity index (χ2n) is 14.4. The molecule has 12 rings (SSSR count). The zero-order chi connectivity index (χ0) is 35.5. The molecular weight excluding hydrogens is 657 g/mol. The maximum absolute atomic E-state index is 6.85. The summed E-state index contributed by atoms with van der Waals surface area (Å²) >= 11 is 0. The highest BCUT2D eigenvalue weighted by Crippen LogP contribution is 2.43. The topological polar surface area (TPSA) is 56.2 Å². The molecule has 0 aliphatic carbocycles. The van der Waals surface area contributed by atoms with Gasteiger partial charge in [0.15, 0.2) is 0 Å². The average Bonchev–Trinajstić information content (AvgIpc) is 3.62. The fourth-order valence-electron chi connectivity index (χ4n) is 8.94. The Labute approximate surface area is 309 Å². The largest absolute Gasteiger partial charge is 0.369 e. The number of benzene rings is 10. The van der Waals surface area contributed by atoms with E-state index in [1.54, 1.807) is 0 Å². The third kappa shape index (κ3) is 4.13. The van der Waals surface area contributed by atoms with Gasteiger partial charge in [-0.25, -0.2) is 9.97 Å². The maximum atomic E-state index is 6.85. The first kappa shape index (κ1) is 29.3. The van der Waals surface area contributed by atoms with Crippen molar-refractivity contribution in [3.8, 4) is 22.3 Å². The first-order chi connectivity index (χ1) is 26.7. The lowest BCUT2D eigenvalue weighted by molar-refractivity contribution is 1.17. The molecular formula is C50H30N4. The molecule has 4 nitrogen and oxygen atoms in total. The molecule has 250 valence electrons. The van der Waals surface area contributed by atoms with Gasteiger partial charge in [-0.05, 0) is 130 Å². The van der Waals surface area contributed by atoms with Gasteiger partial charge in [-0.2, -0.15) is 0 Å². The van der Waals surface area contributed by atoms with Crippen molar-refractivity contribution in [1.29, 1.82) is 0 Å². The van der Waals surface area contributed by atoms with Gasteiger partial charge in [0.05, 0.1) is 16.6 Å². The van der Waals surface area contributed by atoms with Crippen molar-refractivity contribution in [3.05, 3.63) is 170 Å². The second kappa shape index (κ2) is 10.9. The van der Waals surface area contributed by atoms with Crippen molar-refractivity contribution in [1.82, 2.24) is 14.4 Å². The van der Waals surface area contributed by atoms with Gasteiger partial charge in [-0.15, -0.1) is 0 Å². The quantitative estimate of drug-likeness (QED) is 0.145. The van der Waals surface area contributed by atoms with E-state index in [1.165, 1.54) is 64.6 Å². The summed E-state index contributed by atoms with van der Waals surface area (Å²) < 4.78 is 1.99. The molecule has 0 saturated heterocycles. The fraction of sp³-hybridized carbons (Fsp3) is 0. The normalized spacial score (nSPS) is 12.1. The molecule has 0 spiro atoms. The molecule has 0 bridgehead atoms. The number of para-hydroxylation sites is 2. The molecule has 0 unspecified atom stereocenters. The molecule has 10 aromatic carbocycles. The van der Waals surface area contributed by atoms with Crippen molar-refractivity contribution >= 4 is 98.2 Å². The van der Waals surface area contributed by atoms with E-state index in [2.05, 4.69) is 152 Å². The standard InChI is InChI=1S/C50H30N4/c51-50-53-48-44(39-16-8-15-38-41(39)22-20-34-24-30-10-2-4-12-32(30)26-43(34)38)27-35(28-45(48)49-52-46-17-5-6-18-47(46)54(49)50)36-13-7-14-37-40(36)21-19-33-23-29-9-1-3-11-31(29)25-42(33)37/h1-28H,(H2,51,53). The van der Waals surface area contributed by atoms with Crippen LogP contribution in [0.15, 0.2) is 170 Å². The minimum Gasteiger partial charge on any atom is -0.369 e. The number of nitrogens with zero attached hydrogens (tertiary/aromatic N) is 3. The van der Waals surface area contributed by atoms with Gasteiger partial charge in [0.2, 0.25) is 5.95 Å². The van der Waals surface area contributed by atoms with Crippen LogP contribution in [0, 0.1) is 0 Å². The summed E-state index contributed by atoms with van der Waals surface area (Å²) in [5.74, 6) is 0.418. The SMILES string of the molecule is Nc1nc2c(-c3cccc4c3ccc3cc5ccccc5cc34)cc(-c3cccc4c3ccc3cc5ccccc5cc34)cc2c2nc3ccccc3n12. The van der Waals surface area contributed by atoms with Gasteiger partial charge < -0.3 is 5.73 Å². The Balaban J connectivity index is 1.19. The van der Waals surface area contributed by atoms with E-state index in [-0.39, 0.29) is 0 Å². The Morgan fingerprint density at radius 2 is 0.944 bits per heavy atom. The fourth-order valence-corrected chi connectivity index (χ4v) is 8.94. The number of aromatic nitrogens is 3. The summed E-state index contributed by atoms with van der Waals surface area (Å²) in [4.78, 5) is 10.4. The van der Waals surface area contributed by atoms with Crippen LogP contribution in [-0.4, -0.2) is 14.4 Å². The van der Waals surface area contributed by atoms with Gasteiger partial charge in [0.1, 0.15) is 5.65 Å². The Hall–Kier alpha value is -7.30. The summed E-state index contributed by atoms with van der Waals surface area (Å²) in [5.41, 5.74) is 14.7. The molecule has 12 aromatic rings. The molecule has 54 heavy (non-hydrogen) atoms. The molecule has 0 atom stereocenters. The second-order valence-corrected chi connectivity index (χ2v) is 14.4. The predicted octanol–water partition coefficient (Wildman–Crippen LogP) is 12.9. The van der Waals surface area contributed by atoms with Crippen molar-refractivity contribution in [2.45, 2.75) is 0 Å². The van der Waals surface area contributed by atoms with Crippen LogP contribution in [0.5, 0.6) is 0 Å². The number of hydrogen-bond acceptors (Lipinski definition) is 3. The van der Waals surface area contributed by atoms with Crippen LogP contribution in [0.2, 0.25) is 0 Å². The highest BCUT2D eigenvalue weighted by atomic mass is 15.1. The zero-order valence-electron chi connectivity index (χ0n) is 29.1. The van der Waals surface area contributed by atoms with E-state index in [1.807, 2.05) is 22.6 Å².